The van der Waals surface area contributed by atoms with Crippen molar-refractivity contribution in [2.75, 3.05) is 7.11 Å². The number of nitrogens with zero attached hydrogens (tertiary/aromatic N) is 3. The molecule has 0 bridgehead atoms. The van der Waals surface area contributed by atoms with Gasteiger partial charge in [-0.15, -0.1) is 5.10 Å². The van der Waals surface area contributed by atoms with E-state index in [4.69, 9.17) is 15.6 Å². The number of hydrogen-bond acceptors (Lipinski definition) is 5. The summed E-state index contributed by atoms with van der Waals surface area (Å²) in [6, 6.07) is 6.71. The third kappa shape index (κ3) is 3.23. The Bertz CT molecular complexity index is 681. The summed E-state index contributed by atoms with van der Waals surface area (Å²) in [5.41, 5.74) is 6.56. The van der Waals surface area contributed by atoms with Gasteiger partial charge in [-0.05, 0) is 17.7 Å². The fourth-order valence-corrected chi connectivity index (χ4v) is 1.90. The van der Waals surface area contributed by atoms with Crippen LogP contribution in [-0.2, 0) is 17.9 Å². The summed E-state index contributed by atoms with van der Waals surface area (Å²) in [6.45, 7) is 0.338. The van der Waals surface area contributed by atoms with Crippen molar-refractivity contribution in [2.24, 2.45) is 5.73 Å². The highest BCUT2D eigenvalue weighted by molar-refractivity contribution is 5.92. The van der Waals surface area contributed by atoms with Crippen LogP contribution in [0.25, 0.3) is 0 Å². The van der Waals surface area contributed by atoms with E-state index in [1.54, 1.807) is 24.3 Å². The standard InChI is InChI=1S/C13H14N4O4/c1-21-7-10-11(13(19)20)15-16-17(10)6-8-3-2-4-9(5-8)12(14)18/h2-5H,6-7H2,1H3,(H2,14,18)(H,19,20). The molecule has 2 aromatic rings. The van der Waals surface area contributed by atoms with Crippen LogP contribution in [0.3, 0.4) is 0 Å². The van der Waals surface area contributed by atoms with Crippen molar-refractivity contribution in [3.63, 3.8) is 0 Å². The number of carboxylic acid groups (broad SMARTS) is 1. The van der Waals surface area contributed by atoms with Crippen LogP contribution >= 0.6 is 0 Å². The van der Waals surface area contributed by atoms with E-state index in [1.165, 1.54) is 11.8 Å². The molecule has 0 unspecified atom stereocenters. The summed E-state index contributed by atoms with van der Waals surface area (Å²) in [5, 5.41) is 16.5. The first-order valence-corrected chi connectivity index (χ1v) is 6.06. The van der Waals surface area contributed by atoms with Gasteiger partial charge in [-0.1, -0.05) is 17.3 Å². The van der Waals surface area contributed by atoms with E-state index >= 15 is 0 Å². The molecule has 0 atom stereocenters. The van der Waals surface area contributed by atoms with Crippen LogP contribution in [-0.4, -0.2) is 39.1 Å². The van der Waals surface area contributed by atoms with E-state index in [0.717, 1.165) is 5.56 Å². The number of carbonyl (C=O) groups excluding carboxylic acids is 1. The second kappa shape index (κ2) is 6.14. The molecule has 0 saturated carbocycles. The second-order valence-electron chi connectivity index (χ2n) is 4.35. The van der Waals surface area contributed by atoms with E-state index in [1.807, 2.05) is 0 Å². The average Bonchev–Trinajstić information content (AvgIpc) is 2.83. The summed E-state index contributed by atoms with van der Waals surface area (Å²) in [7, 11) is 1.46. The van der Waals surface area contributed by atoms with E-state index in [-0.39, 0.29) is 18.8 Å². The number of hydrogen-bond donors (Lipinski definition) is 2. The number of methoxy groups -OCH3 is 1. The van der Waals surface area contributed by atoms with E-state index in [2.05, 4.69) is 10.3 Å². The van der Waals surface area contributed by atoms with Crippen LogP contribution < -0.4 is 5.73 Å². The smallest absolute Gasteiger partial charge is 0.358 e. The van der Waals surface area contributed by atoms with Gasteiger partial charge in [-0.25, -0.2) is 9.48 Å². The first-order chi connectivity index (χ1) is 10.0. The number of amides is 1. The quantitative estimate of drug-likeness (QED) is 0.787. The lowest BCUT2D eigenvalue weighted by atomic mass is 10.1. The highest BCUT2D eigenvalue weighted by Gasteiger charge is 2.19. The Morgan fingerprint density at radius 3 is 2.81 bits per heavy atom. The Balaban J connectivity index is 2.33. The predicted molar refractivity (Wildman–Crippen MR) is 71.8 cm³/mol. The van der Waals surface area contributed by atoms with Gasteiger partial charge in [0, 0.05) is 12.7 Å². The molecule has 0 aliphatic heterocycles. The lowest BCUT2D eigenvalue weighted by molar-refractivity contribution is 0.0684. The topological polar surface area (TPSA) is 120 Å². The number of aromatic carboxylic acids is 1. The van der Waals surface area contributed by atoms with Crippen molar-refractivity contribution in [1.82, 2.24) is 15.0 Å². The molecule has 8 nitrogen and oxygen atoms in total. The lowest BCUT2D eigenvalue weighted by Crippen LogP contribution is -2.13. The van der Waals surface area contributed by atoms with Gasteiger partial charge >= 0.3 is 5.97 Å². The largest absolute Gasteiger partial charge is 0.476 e. The van der Waals surface area contributed by atoms with Crippen molar-refractivity contribution in [2.45, 2.75) is 13.2 Å². The summed E-state index contributed by atoms with van der Waals surface area (Å²) in [4.78, 5) is 22.2. The van der Waals surface area contributed by atoms with Gasteiger partial charge in [-0.2, -0.15) is 0 Å². The number of carbonyl (C=O) groups is 2. The minimum atomic E-state index is -1.17. The van der Waals surface area contributed by atoms with Gasteiger partial charge in [0.25, 0.3) is 0 Å². The summed E-state index contributed by atoms with van der Waals surface area (Å²) in [5.74, 6) is -1.70. The molecular weight excluding hydrogens is 276 g/mol. The monoisotopic (exact) mass is 290 g/mol. The van der Waals surface area contributed by atoms with Crippen LogP contribution in [0.4, 0.5) is 0 Å². The van der Waals surface area contributed by atoms with E-state index < -0.39 is 11.9 Å². The maximum atomic E-state index is 11.2. The number of nitrogens with two attached hydrogens (primary N) is 1. The molecule has 0 spiro atoms. The zero-order valence-electron chi connectivity index (χ0n) is 11.3. The summed E-state index contributed by atoms with van der Waals surface area (Å²) < 4.78 is 6.40. The predicted octanol–water partition coefficient (Wildman–Crippen LogP) is 0.270. The molecule has 1 aromatic carbocycles. The molecule has 110 valence electrons. The maximum Gasteiger partial charge on any atom is 0.358 e. The average molecular weight is 290 g/mol. The fourth-order valence-electron chi connectivity index (χ4n) is 1.90. The van der Waals surface area contributed by atoms with Gasteiger partial charge in [0.15, 0.2) is 5.69 Å². The van der Waals surface area contributed by atoms with Crippen molar-refractivity contribution in [1.29, 1.82) is 0 Å². The minimum absolute atomic E-state index is 0.0736. The molecule has 0 radical (unpaired) electrons. The molecule has 0 aliphatic carbocycles. The van der Waals surface area contributed by atoms with Crippen LogP contribution in [0.15, 0.2) is 24.3 Å². The Morgan fingerprint density at radius 1 is 1.43 bits per heavy atom. The molecule has 0 aliphatic rings. The molecule has 3 N–H and O–H groups in total. The molecule has 0 saturated heterocycles. The number of aromatic nitrogens is 3. The van der Waals surface area contributed by atoms with Crippen LogP contribution in [0, 0.1) is 0 Å². The maximum absolute atomic E-state index is 11.2. The van der Waals surface area contributed by atoms with Crippen molar-refractivity contribution < 1.29 is 19.4 Å². The third-order valence-electron chi connectivity index (χ3n) is 2.87. The second-order valence-corrected chi connectivity index (χ2v) is 4.35. The van der Waals surface area contributed by atoms with E-state index in [0.29, 0.717) is 11.3 Å². The van der Waals surface area contributed by atoms with Crippen LogP contribution in [0.1, 0.15) is 32.1 Å². The Labute approximate surface area is 120 Å². The molecule has 1 aromatic heterocycles. The van der Waals surface area contributed by atoms with Crippen molar-refractivity contribution in [3.05, 3.63) is 46.8 Å². The Hall–Kier alpha value is -2.74. The van der Waals surface area contributed by atoms with Gasteiger partial charge < -0.3 is 15.6 Å². The Kier molecular flexibility index (Phi) is 4.29. The number of benzene rings is 1. The van der Waals surface area contributed by atoms with Crippen LogP contribution in [0.2, 0.25) is 0 Å². The number of rotatable bonds is 6. The zero-order valence-corrected chi connectivity index (χ0v) is 11.3. The molecular formula is C13H14N4O4. The van der Waals surface area contributed by atoms with Gasteiger partial charge in [0.1, 0.15) is 0 Å². The zero-order chi connectivity index (χ0) is 15.4. The molecule has 21 heavy (non-hydrogen) atoms. The van der Waals surface area contributed by atoms with Gasteiger partial charge in [-0.3, -0.25) is 4.79 Å². The minimum Gasteiger partial charge on any atom is -0.476 e. The molecule has 1 heterocycles. The van der Waals surface area contributed by atoms with E-state index in [9.17, 15) is 9.59 Å². The molecule has 1 amide bonds. The number of carboxylic acids is 1. The number of ether oxygens (including phenoxy) is 1. The molecule has 0 fully saturated rings. The lowest BCUT2D eigenvalue weighted by Gasteiger charge is -2.07. The SMILES string of the molecule is COCc1c(C(=O)O)nnn1Cc1cccc(C(N)=O)c1. The first kappa shape index (κ1) is 14.7. The Morgan fingerprint density at radius 2 is 2.19 bits per heavy atom. The highest BCUT2D eigenvalue weighted by Crippen LogP contribution is 2.12. The van der Waals surface area contributed by atoms with Crippen molar-refractivity contribution >= 4 is 11.9 Å². The van der Waals surface area contributed by atoms with Crippen LogP contribution in [0.5, 0.6) is 0 Å². The third-order valence-corrected chi connectivity index (χ3v) is 2.87. The van der Waals surface area contributed by atoms with Crippen molar-refractivity contribution in [3.8, 4) is 0 Å². The number of primary amides is 1. The van der Waals surface area contributed by atoms with Gasteiger partial charge in [0.05, 0.1) is 18.8 Å². The fraction of sp³-hybridized carbons (Fsp3) is 0.231. The molecule has 8 heteroatoms. The molecule has 2 rings (SSSR count). The summed E-state index contributed by atoms with van der Waals surface area (Å²) in [6.07, 6.45) is 0. The first-order valence-electron chi connectivity index (χ1n) is 6.06. The van der Waals surface area contributed by atoms with Gasteiger partial charge in [0.2, 0.25) is 5.91 Å². The highest BCUT2D eigenvalue weighted by atomic mass is 16.5. The normalized spacial score (nSPS) is 10.5. The summed E-state index contributed by atoms with van der Waals surface area (Å²) >= 11 is 0.